The molecule has 112 valence electrons. The zero-order valence-electron chi connectivity index (χ0n) is 11.4. The van der Waals surface area contributed by atoms with Crippen molar-refractivity contribution in [2.24, 2.45) is 11.7 Å². The van der Waals surface area contributed by atoms with E-state index in [0.717, 1.165) is 31.7 Å². The molecular formula is C14H19F3N2O. The maximum absolute atomic E-state index is 12.7. The molecule has 0 aromatic carbocycles. The Bertz CT molecular complexity index is 462. The van der Waals surface area contributed by atoms with Gasteiger partial charge in [-0.15, -0.1) is 0 Å². The second-order valence-corrected chi connectivity index (χ2v) is 5.37. The van der Waals surface area contributed by atoms with Crippen molar-refractivity contribution in [1.82, 2.24) is 4.98 Å². The molecule has 1 aliphatic rings. The predicted molar refractivity (Wildman–Crippen MR) is 69.2 cm³/mol. The van der Waals surface area contributed by atoms with Crippen molar-refractivity contribution in [1.29, 1.82) is 0 Å². The zero-order valence-corrected chi connectivity index (χ0v) is 11.4. The zero-order chi connectivity index (χ0) is 14.8. The Morgan fingerprint density at radius 3 is 2.70 bits per heavy atom. The molecular weight excluding hydrogens is 269 g/mol. The normalized spacial score (nSPS) is 23.6. The number of hydrogen-bond donors (Lipinski definition) is 1. The Morgan fingerprint density at radius 2 is 2.10 bits per heavy atom. The minimum absolute atomic E-state index is 0.0291. The summed E-state index contributed by atoms with van der Waals surface area (Å²) in [5.41, 5.74) is 5.11. The number of pyridine rings is 1. The van der Waals surface area contributed by atoms with Gasteiger partial charge in [-0.1, -0.05) is 19.4 Å². The molecule has 1 fully saturated rings. The highest BCUT2D eigenvalue weighted by molar-refractivity contribution is 5.29. The standard InChI is InChI=1S/C14H19F3N2O/c1-9-3-2-4-11(7-9)20-13-10(8-18)5-6-12(19-13)14(15,16)17/h5-6,9,11H,2-4,7-8,18H2,1H3. The Morgan fingerprint density at radius 1 is 1.35 bits per heavy atom. The number of halogens is 3. The average Bonchev–Trinajstić information content (AvgIpc) is 2.37. The molecule has 0 spiro atoms. The highest BCUT2D eigenvalue weighted by atomic mass is 19.4. The van der Waals surface area contributed by atoms with E-state index in [1.165, 1.54) is 6.07 Å². The second kappa shape index (κ2) is 5.99. The second-order valence-electron chi connectivity index (χ2n) is 5.37. The van der Waals surface area contributed by atoms with Gasteiger partial charge in [0.2, 0.25) is 5.88 Å². The van der Waals surface area contributed by atoms with Crippen LogP contribution in [-0.4, -0.2) is 11.1 Å². The van der Waals surface area contributed by atoms with E-state index >= 15 is 0 Å². The van der Waals surface area contributed by atoms with Gasteiger partial charge < -0.3 is 10.5 Å². The van der Waals surface area contributed by atoms with Gasteiger partial charge in [-0.3, -0.25) is 0 Å². The average molecular weight is 288 g/mol. The summed E-state index contributed by atoms with van der Waals surface area (Å²) in [6.45, 7) is 2.24. The van der Waals surface area contributed by atoms with Crippen molar-refractivity contribution < 1.29 is 17.9 Å². The first-order valence-electron chi connectivity index (χ1n) is 6.84. The van der Waals surface area contributed by atoms with Crippen LogP contribution in [0.25, 0.3) is 0 Å². The van der Waals surface area contributed by atoms with Gasteiger partial charge in [0.25, 0.3) is 0 Å². The van der Waals surface area contributed by atoms with Crippen LogP contribution in [0.5, 0.6) is 5.88 Å². The largest absolute Gasteiger partial charge is 0.474 e. The van der Waals surface area contributed by atoms with Crippen LogP contribution in [0.3, 0.4) is 0 Å². The first kappa shape index (κ1) is 15.1. The fourth-order valence-electron chi connectivity index (χ4n) is 2.53. The molecule has 2 atom stereocenters. The molecule has 2 rings (SSSR count). The number of ether oxygens (including phenoxy) is 1. The molecule has 1 saturated carbocycles. The van der Waals surface area contributed by atoms with Crippen molar-refractivity contribution in [3.05, 3.63) is 23.4 Å². The molecule has 0 amide bonds. The molecule has 0 bridgehead atoms. The topological polar surface area (TPSA) is 48.1 Å². The molecule has 2 N–H and O–H groups in total. The van der Waals surface area contributed by atoms with Crippen LogP contribution in [0.15, 0.2) is 12.1 Å². The number of nitrogens with two attached hydrogens (primary N) is 1. The fraction of sp³-hybridized carbons (Fsp3) is 0.643. The molecule has 1 aromatic heterocycles. The molecule has 0 saturated heterocycles. The summed E-state index contributed by atoms with van der Waals surface area (Å²) in [6, 6.07) is 2.29. The van der Waals surface area contributed by atoms with Gasteiger partial charge in [-0.2, -0.15) is 13.2 Å². The van der Waals surface area contributed by atoms with Crippen molar-refractivity contribution in [3.63, 3.8) is 0 Å². The van der Waals surface area contributed by atoms with Crippen molar-refractivity contribution in [2.45, 2.75) is 51.4 Å². The maximum atomic E-state index is 12.7. The van der Waals surface area contributed by atoms with Gasteiger partial charge in [0, 0.05) is 12.1 Å². The molecule has 20 heavy (non-hydrogen) atoms. The van der Waals surface area contributed by atoms with Gasteiger partial charge >= 0.3 is 6.18 Å². The van der Waals surface area contributed by atoms with E-state index in [0.29, 0.717) is 11.5 Å². The maximum Gasteiger partial charge on any atom is 0.433 e. The number of alkyl halides is 3. The van der Waals surface area contributed by atoms with Crippen LogP contribution >= 0.6 is 0 Å². The summed E-state index contributed by atoms with van der Waals surface area (Å²) in [7, 11) is 0. The summed E-state index contributed by atoms with van der Waals surface area (Å²) >= 11 is 0. The van der Waals surface area contributed by atoms with Crippen LogP contribution in [-0.2, 0) is 12.7 Å². The van der Waals surface area contributed by atoms with Gasteiger partial charge in [-0.05, 0) is 31.2 Å². The van der Waals surface area contributed by atoms with Crippen LogP contribution < -0.4 is 10.5 Å². The molecule has 0 aliphatic heterocycles. The summed E-state index contributed by atoms with van der Waals surface area (Å²) in [5.74, 6) is 0.558. The van der Waals surface area contributed by atoms with Crippen molar-refractivity contribution >= 4 is 0 Å². The van der Waals surface area contributed by atoms with E-state index in [4.69, 9.17) is 10.5 Å². The van der Waals surface area contributed by atoms with Gasteiger partial charge in [0.05, 0.1) is 0 Å². The molecule has 0 radical (unpaired) electrons. The Hall–Kier alpha value is -1.30. The Labute approximate surface area is 116 Å². The van der Waals surface area contributed by atoms with Crippen LogP contribution in [0.4, 0.5) is 13.2 Å². The third-order valence-corrected chi connectivity index (χ3v) is 3.62. The van der Waals surface area contributed by atoms with E-state index in [-0.39, 0.29) is 18.5 Å². The summed E-state index contributed by atoms with van der Waals surface area (Å²) in [6.07, 6.45) is -0.665. The number of hydrogen-bond acceptors (Lipinski definition) is 3. The third kappa shape index (κ3) is 3.62. The van der Waals surface area contributed by atoms with Crippen molar-refractivity contribution in [3.8, 4) is 5.88 Å². The quantitative estimate of drug-likeness (QED) is 0.925. The van der Waals surface area contributed by atoms with Crippen molar-refractivity contribution in [2.75, 3.05) is 0 Å². The molecule has 3 nitrogen and oxygen atoms in total. The lowest BCUT2D eigenvalue weighted by molar-refractivity contribution is -0.141. The highest BCUT2D eigenvalue weighted by Gasteiger charge is 2.33. The van der Waals surface area contributed by atoms with Crippen LogP contribution in [0, 0.1) is 5.92 Å². The SMILES string of the molecule is CC1CCCC(Oc2nc(C(F)(F)F)ccc2CN)C1. The lowest BCUT2D eigenvalue weighted by Gasteiger charge is -2.27. The van der Waals surface area contributed by atoms with E-state index in [2.05, 4.69) is 11.9 Å². The highest BCUT2D eigenvalue weighted by Crippen LogP contribution is 2.32. The van der Waals surface area contributed by atoms with E-state index < -0.39 is 11.9 Å². The molecule has 1 heterocycles. The summed E-state index contributed by atoms with van der Waals surface area (Å²) in [5, 5.41) is 0. The first-order chi connectivity index (χ1) is 9.40. The number of aromatic nitrogens is 1. The van der Waals surface area contributed by atoms with E-state index in [1.807, 2.05) is 0 Å². The minimum atomic E-state index is -4.47. The van der Waals surface area contributed by atoms with Gasteiger partial charge in [-0.25, -0.2) is 4.98 Å². The molecule has 1 aliphatic carbocycles. The van der Waals surface area contributed by atoms with Gasteiger partial charge in [0.15, 0.2) is 0 Å². The third-order valence-electron chi connectivity index (χ3n) is 3.62. The lowest BCUT2D eigenvalue weighted by Crippen LogP contribution is -2.25. The predicted octanol–water partition coefficient (Wildman–Crippen LogP) is 3.52. The summed E-state index contributed by atoms with van der Waals surface area (Å²) in [4.78, 5) is 3.61. The van der Waals surface area contributed by atoms with E-state index in [1.54, 1.807) is 0 Å². The van der Waals surface area contributed by atoms with Gasteiger partial charge in [0.1, 0.15) is 11.8 Å². The Balaban J connectivity index is 2.20. The molecule has 1 aromatic rings. The first-order valence-corrected chi connectivity index (χ1v) is 6.84. The van der Waals surface area contributed by atoms with Crippen LogP contribution in [0.1, 0.15) is 43.9 Å². The smallest absolute Gasteiger partial charge is 0.433 e. The number of rotatable bonds is 3. The van der Waals surface area contributed by atoms with E-state index in [9.17, 15) is 13.2 Å². The minimum Gasteiger partial charge on any atom is -0.474 e. The van der Waals surface area contributed by atoms with Crippen LogP contribution in [0.2, 0.25) is 0 Å². The lowest BCUT2D eigenvalue weighted by atomic mass is 9.89. The Kier molecular flexibility index (Phi) is 4.52. The molecule has 6 heteroatoms. The fourth-order valence-corrected chi connectivity index (χ4v) is 2.53. The number of nitrogens with zero attached hydrogens (tertiary/aromatic N) is 1. The summed E-state index contributed by atoms with van der Waals surface area (Å²) < 4.78 is 43.8. The molecule has 2 unspecified atom stereocenters. The monoisotopic (exact) mass is 288 g/mol.